The number of rotatable bonds is 6. The highest BCUT2D eigenvalue weighted by Crippen LogP contribution is 2.24. The zero-order valence-electron chi connectivity index (χ0n) is 15.9. The number of para-hydroxylation sites is 2. The Kier molecular flexibility index (Phi) is 6.16. The number of hydrogen-bond acceptors (Lipinski definition) is 2. The van der Waals surface area contributed by atoms with Crippen LogP contribution in [0.3, 0.4) is 0 Å². The van der Waals surface area contributed by atoms with Gasteiger partial charge in [0.15, 0.2) is 5.96 Å². The third-order valence-corrected chi connectivity index (χ3v) is 5.18. The number of nitrogens with one attached hydrogen (secondary N) is 1. The van der Waals surface area contributed by atoms with Crippen molar-refractivity contribution in [2.24, 2.45) is 16.6 Å². The minimum Gasteiger partial charge on any atom is -0.371 e. The summed E-state index contributed by atoms with van der Waals surface area (Å²) >= 11 is 0. The molecular formula is C22H30N4. The van der Waals surface area contributed by atoms with Gasteiger partial charge in [-0.1, -0.05) is 50.2 Å². The predicted octanol–water partition coefficient (Wildman–Crippen LogP) is 4.06. The summed E-state index contributed by atoms with van der Waals surface area (Å²) in [5.41, 5.74) is 11.2. The van der Waals surface area contributed by atoms with Crippen molar-refractivity contribution < 1.29 is 0 Å². The predicted molar refractivity (Wildman–Crippen MR) is 112 cm³/mol. The largest absolute Gasteiger partial charge is 0.371 e. The lowest BCUT2D eigenvalue weighted by Crippen LogP contribution is -2.26. The Morgan fingerprint density at radius 3 is 2.42 bits per heavy atom. The van der Waals surface area contributed by atoms with Crippen molar-refractivity contribution in [1.82, 2.24) is 0 Å². The van der Waals surface area contributed by atoms with E-state index in [4.69, 9.17) is 5.73 Å². The Balaban J connectivity index is 1.60. The van der Waals surface area contributed by atoms with Crippen LogP contribution in [0.4, 0.5) is 11.4 Å². The van der Waals surface area contributed by atoms with Crippen LogP contribution in [0.15, 0.2) is 53.5 Å². The quantitative estimate of drug-likeness (QED) is 0.610. The molecule has 4 heteroatoms. The second kappa shape index (κ2) is 8.75. The van der Waals surface area contributed by atoms with Crippen molar-refractivity contribution in [2.75, 3.05) is 29.9 Å². The highest BCUT2D eigenvalue weighted by Gasteiger charge is 2.22. The van der Waals surface area contributed by atoms with E-state index >= 15 is 0 Å². The van der Waals surface area contributed by atoms with Gasteiger partial charge in [0.05, 0.1) is 0 Å². The van der Waals surface area contributed by atoms with E-state index in [0.29, 0.717) is 11.9 Å². The molecule has 1 heterocycles. The van der Waals surface area contributed by atoms with Crippen LogP contribution in [0.25, 0.3) is 0 Å². The third kappa shape index (κ3) is 4.37. The van der Waals surface area contributed by atoms with Gasteiger partial charge >= 0.3 is 0 Å². The molecule has 3 N–H and O–H groups in total. The Morgan fingerprint density at radius 1 is 1.08 bits per heavy atom. The van der Waals surface area contributed by atoms with Crippen molar-refractivity contribution in [2.45, 2.75) is 33.1 Å². The molecule has 1 unspecified atom stereocenters. The molecule has 1 saturated heterocycles. The zero-order valence-corrected chi connectivity index (χ0v) is 15.9. The zero-order chi connectivity index (χ0) is 18.4. The third-order valence-electron chi connectivity index (χ3n) is 5.18. The highest BCUT2D eigenvalue weighted by atomic mass is 15.2. The molecule has 0 saturated carbocycles. The molecule has 0 aliphatic carbocycles. The van der Waals surface area contributed by atoms with E-state index in [1.54, 1.807) is 0 Å². The summed E-state index contributed by atoms with van der Waals surface area (Å²) in [6, 6.07) is 17.0. The maximum absolute atomic E-state index is 6.20. The van der Waals surface area contributed by atoms with E-state index in [0.717, 1.165) is 44.6 Å². The number of anilines is 2. The summed E-state index contributed by atoms with van der Waals surface area (Å²) in [4.78, 5) is 7.07. The van der Waals surface area contributed by atoms with Crippen molar-refractivity contribution in [3.05, 3.63) is 59.7 Å². The van der Waals surface area contributed by atoms with Crippen LogP contribution in [0.1, 0.15) is 31.4 Å². The molecule has 1 aliphatic heterocycles. The molecule has 3 rings (SSSR count). The van der Waals surface area contributed by atoms with Crippen LogP contribution in [0.2, 0.25) is 0 Å². The number of guanidine groups is 1. The molecule has 2 aromatic rings. The van der Waals surface area contributed by atoms with Crippen LogP contribution in [0, 0.1) is 5.92 Å². The number of nitrogens with two attached hydrogens (primary N) is 1. The number of aliphatic imine (C=N–C) groups is 1. The van der Waals surface area contributed by atoms with Crippen LogP contribution >= 0.6 is 0 Å². The lowest BCUT2D eigenvalue weighted by atomic mass is 10.0. The van der Waals surface area contributed by atoms with Crippen LogP contribution in [0.5, 0.6) is 0 Å². The molecule has 2 aromatic carbocycles. The highest BCUT2D eigenvalue weighted by molar-refractivity contribution is 5.93. The second-order valence-electron chi connectivity index (χ2n) is 6.95. The van der Waals surface area contributed by atoms with Gasteiger partial charge in [-0.15, -0.1) is 0 Å². The topological polar surface area (TPSA) is 53.6 Å². The molecule has 26 heavy (non-hydrogen) atoms. The Morgan fingerprint density at radius 2 is 1.77 bits per heavy atom. The molecule has 0 aromatic heterocycles. The fourth-order valence-corrected chi connectivity index (χ4v) is 3.65. The van der Waals surface area contributed by atoms with E-state index in [2.05, 4.69) is 77.6 Å². The van der Waals surface area contributed by atoms with Gasteiger partial charge < -0.3 is 16.0 Å². The minimum absolute atomic E-state index is 0.527. The number of benzene rings is 2. The molecule has 138 valence electrons. The van der Waals surface area contributed by atoms with E-state index in [-0.39, 0.29) is 0 Å². The molecule has 0 bridgehead atoms. The summed E-state index contributed by atoms with van der Waals surface area (Å²) in [5.74, 6) is 1.08. The van der Waals surface area contributed by atoms with Crippen molar-refractivity contribution in [1.29, 1.82) is 0 Å². The van der Waals surface area contributed by atoms with Gasteiger partial charge in [-0.3, -0.25) is 4.99 Å². The Bertz CT molecular complexity index is 717. The smallest absolute Gasteiger partial charge is 0.193 e. The first-order chi connectivity index (χ1) is 12.7. The van der Waals surface area contributed by atoms with Crippen molar-refractivity contribution in [3.63, 3.8) is 0 Å². The molecule has 1 aliphatic rings. The maximum atomic E-state index is 6.20. The van der Waals surface area contributed by atoms with Gasteiger partial charge in [-0.25, -0.2) is 0 Å². The Hall–Kier alpha value is -2.49. The fourth-order valence-electron chi connectivity index (χ4n) is 3.65. The van der Waals surface area contributed by atoms with Crippen LogP contribution in [-0.2, 0) is 12.8 Å². The van der Waals surface area contributed by atoms with Gasteiger partial charge in [0.2, 0.25) is 0 Å². The van der Waals surface area contributed by atoms with E-state index in [1.165, 1.54) is 16.8 Å². The second-order valence-corrected chi connectivity index (χ2v) is 6.95. The Labute approximate surface area is 157 Å². The first kappa shape index (κ1) is 18.3. The van der Waals surface area contributed by atoms with E-state index in [1.807, 2.05) is 0 Å². The SMILES string of the molecule is CCc1cccc(CC)c1NC(N)=NCC1CCN(c2ccccc2)C1. The van der Waals surface area contributed by atoms with Crippen LogP contribution in [-0.4, -0.2) is 25.6 Å². The number of hydrogen-bond donors (Lipinski definition) is 2. The lowest BCUT2D eigenvalue weighted by molar-refractivity contribution is 0.603. The van der Waals surface area contributed by atoms with Crippen molar-refractivity contribution >= 4 is 17.3 Å². The first-order valence-electron chi connectivity index (χ1n) is 9.69. The first-order valence-corrected chi connectivity index (χ1v) is 9.69. The molecule has 1 fully saturated rings. The molecule has 0 spiro atoms. The van der Waals surface area contributed by atoms with Gasteiger partial charge in [-0.05, 0) is 48.4 Å². The molecule has 1 atom stereocenters. The van der Waals surface area contributed by atoms with E-state index in [9.17, 15) is 0 Å². The lowest BCUT2D eigenvalue weighted by Gasteiger charge is -2.18. The summed E-state index contributed by atoms with van der Waals surface area (Å²) in [6.45, 7) is 7.26. The number of aryl methyl sites for hydroxylation is 2. The monoisotopic (exact) mass is 350 g/mol. The summed E-state index contributed by atoms with van der Waals surface area (Å²) < 4.78 is 0. The van der Waals surface area contributed by atoms with Gasteiger partial charge in [0, 0.05) is 31.0 Å². The summed E-state index contributed by atoms with van der Waals surface area (Å²) in [7, 11) is 0. The van der Waals surface area contributed by atoms with Crippen molar-refractivity contribution in [3.8, 4) is 0 Å². The fraction of sp³-hybridized carbons (Fsp3) is 0.409. The van der Waals surface area contributed by atoms with Crippen LogP contribution < -0.4 is 16.0 Å². The average molecular weight is 351 g/mol. The molecule has 4 nitrogen and oxygen atoms in total. The van der Waals surface area contributed by atoms with Gasteiger partial charge in [-0.2, -0.15) is 0 Å². The normalized spacial score (nSPS) is 17.5. The van der Waals surface area contributed by atoms with Gasteiger partial charge in [0.25, 0.3) is 0 Å². The molecular weight excluding hydrogens is 320 g/mol. The molecule has 0 radical (unpaired) electrons. The molecule has 0 amide bonds. The standard InChI is InChI=1S/C22H30N4/c1-3-18-9-8-10-19(4-2)21(18)25-22(23)24-15-17-13-14-26(16-17)20-11-6-5-7-12-20/h5-12,17H,3-4,13-16H2,1-2H3,(H3,23,24,25). The maximum Gasteiger partial charge on any atom is 0.193 e. The van der Waals surface area contributed by atoms with Gasteiger partial charge in [0.1, 0.15) is 0 Å². The average Bonchev–Trinajstić information content (AvgIpc) is 3.16. The van der Waals surface area contributed by atoms with E-state index < -0.39 is 0 Å². The minimum atomic E-state index is 0.527. The summed E-state index contributed by atoms with van der Waals surface area (Å²) in [5, 5.41) is 3.36. The number of nitrogens with zero attached hydrogens (tertiary/aromatic N) is 2. The summed E-state index contributed by atoms with van der Waals surface area (Å²) in [6.07, 6.45) is 3.13.